The molecule has 0 aliphatic carbocycles. The third-order valence-corrected chi connectivity index (χ3v) is 4.98. The van der Waals surface area contributed by atoms with Gasteiger partial charge >= 0.3 is 0 Å². The lowest BCUT2D eigenvalue weighted by atomic mass is 10.2. The highest BCUT2D eigenvalue weighted by molar-refractivity contribution is 8.01. The Hall–Kier alpha value is -1.93. The fourth-order valence-electron chi connectivity index (χ4n) is 1.89. The van der Waals surface area contributed by atoms with Crippen molar-refractivity contribution in [3.63, 3.8) is 0 Å². The predicted octanol–water partition coefficient (Wildman–Crippen LogP) is 1.84. The Labute approximate surface area is 143 Å². The topological polar surface area (TPSA) is 89.2 Å². The molecule has 0 unspecified atom stereocenters. The van der Waals surface area contributed by atoms with Gasteiger partial charge in [-0.2, -0.15) is 0 Å². The molecule has 0 spiro atoms. The fourth-order valence-corrected chi connectivity index (χ4v) is 3.61. The molecule has 0 aliphatic heterocycles. The van der Waals surface area contributed by atoms with E-state index in [0.717, 1.165) is 14.9 Å². The van der Waals surface area contributed by atoms with Gasteiger partial charge in [-0.3, -0.25) is 9.59 Å². The molecule has 2 amide bonds. The number of benzene rings is 1. The van der Waals surface area contributed by atoms with Crippen molar-refractivity contribution < 1.29 is 9.59 Å². The van der Waals surface area contributed by atoms with Crippen LogP contribution in [0.2, 0.25) is 0 Å². The van der Waals surface area contributed by atoms with Gasteiger partial charge in [-0.15, -0.1) is 10.2 Å². The van der Waals surface area contributed by atoms with Crippen molar-refractivity contribution in [2.75, 3.05) is 12.3 Å². The smallest absolute Gasteiger partial charge is 0.233 e. The van der Waals surface area contributed by atoms with Crippen molar-refractivity contribution in [1.29, 1.82) is 0 Å². The SMILES string of the molecule is Cc1nnc(SCC(=O)N(CCC(N)=O)Cc2ccccc2)s1. The van der Waals surface area contributed by atoms with Gasteiger partial charge in [0.05, 0.1) is 5.75 Å². The molecule has 2 N–H and O–H groups in total. The van der Waals surface area contributed by atoms with Crippen molar-refractivity contribution in [2.24, 2.45) is 5.73 Å². The molecule has 0 radical (unpaired) electrons. The molecule has 0 aliphatic rings. The van der Waals surface area contributed by atoms with Crippen molar-refractivity contribution >= 4 is 34.9 Å². The number of rotatable bonds is 8. The highest BCUT2D eigenvalue weighted by atomic mass is 32.2. The first-order chi connectivity index (χ1) is 11.0. The van der Waals surface area contributed by atoms with E-state index in [1.54, 1.807) is 4.90 Å². The third kappa shape index (κ3) is 5.99. The second-order valence-electron chi connectivity index (χ2n) is 4.89. The van der Waals surface area contributed by atoms with Gasteiger partial charge in [0, 0.05) is 19.5 Å². The summed E-state index contributed by atoms with van der Waals surface area (Å²) in [5.41, 5.74) is 6.22. The molecule has 1 heterocycles. The molecule has 0 bridgehead atoms. The van der Waals surface area contributed by atoms with Crippen LogP contribution in [0.3, 0.4) is 0 Å². The van der Waals surface area contributed by atoms with Crippen LogP contribution >= 0.6 is 23.1 Å². The van der Waals surface area contributed by atoms with E-state index in [4.69, 9.17) is 5.73 Å². The Bertz CT molecular complexity index is 661. The molecule has 8 heteroatoms. The number of carbonyl (C=O) groups excluding carboxylic acids is 2. The fraction of sp³-hybridized carbons (Fsp3) is 0.333. The molecule has 0 atom stereocenters. The Morgan fingerprint density at radius 3 is 2.61 bits per heavy atom. The van der Waals surface area contributed by atoms with E-state index in [9.17, 15) is 9.59 Å². The van der Waals surface area contributed by atoms with Crippen LogP contribution in [0.4, 0.5) is 0 Å². The highest BCUT2D eigenvalue weighted by Crippen LogP contribution is 2.22. The second-order valence-corrected chi connectivity index (χ2v) is 7.30. The van der Waals surface area contributed by atoms with Gasteiger partial charge in [0.1, 0.15) is 5.01 Å². The first kappa shape index (κ1) is 17.4. The van der Waals surface area contributed by atoms with Gasteiger partial charge in [-0.05, 0) is 12.5 Å². The zero-order valence-electron chi connectivity index (χ0n) is 12.8. The minimum Gasteiger partial charge on any atom is -0.370 e. The highest BCUT2D eigenvalue weighted by Gasteiger charge is 2.16. The lowest BCUT2D eigenvalue weighted by Gasteiger charge is -2.22. The van der Waals surface area contributed by atoms with Crippen molar-refractivity contribution in [3.05, 3.63) is 40.9 Å². The normalized spacial score (nSPS) is 10.5. The second kappa shape index (κ2) is 8.64. The van der Waals surface area contributed by atoms with Gasteiger partial charge in [0.15, 0.2) is 4.34 Å². The Morgan fingerprint density at radius 2 is 2.00 bits per heavy atom. The molecule has 0 saturated heterocycles. The standard InChI is InChI=1S/C15H18N4O2S2/c1-11-17-18-15(23-11)22-10-14(21)19(8-7-13(16)20)9-12-5-3-2-4-6-12/h2-6H,7-10H2,1H3,(H2,16,20). The molecule has 0 fully saturated rings. The van der Waals surface area contributed by atoms with Gasteiger partial charge in [0.2, 0.25) is 11.8 Å². The van der Waals surface area contributed by atoms with Crippen molar-refractivity contribution in [1.82, 2.24) is 15.1 Å². The zero-order chi connectivity index (χ0) is 16.7. The number of aryl methyl sites for hydroxylation is 1. The molecular weight excluding hydrogens is 332 g/mol. The van der Waals surface area contributed by atoms with Crippen LogP contribution in [-0.2, 0) is 16.1 Å². The molecule has 122 valence electrons. The zero-order valence-corrected chi connectivity index (χ0v) is 14.4. The predicted molar refractivity (Wildman–Crippen MR) is 91.0 cm³/mol. The van der Waals surface area contributed by atoms with Gasteiger partial charge in [-0.1, -0.05) is 53.4 Å². The summed E-state index contributed by atoms with van der Waals surface area (Å²) in [6.45, 7) is 2.65. The molecule has 1 aromatic carbocycles. The number of primary amides is 1. The lowest BCUT2D eigenvalue weighted by molar-refractivity contribution is -0.129. The average Bonchev–Trinajstić information content (AvgIpc) is 2.95. The molecular formula is C15H18N4O2S2. The van der Waals surface area contributed by atoms with E-state index in [-0.39, 0.29) is 18.1 Å². The molecule has 2 aromatic rings. The summed E-state index contributed by atoms with van der Waals surface area (Å²) in [6, 6.07) is 9.67. The van der Waals surface area contributed by atoms with Crippen LogP contribution in [0.15, 0.2) is 34.7 Å². The quantitative estimate of drug-likeness (QED) is 0.734. The summed E-state index contributed by atoms with van der Waals surface area (Å²) in [6.07, 6.45) is 0.154. The summed E-state index contributed by atoms with van der Waals surface area (Å²) in [4.78, 5) is 25.1. The van der Waals surface area contributed by atoms with Crippen LogP contribution in [0.25, 0.3) is 0 Å². The number of carbonyl (C=O) groups is 2. The number of nitrogens with zero attached hydrogens (tertiary/aromatic N) is 3. The minimum absolute atomic E-state index is 0.0482. The number of thioether (sulfide) groups is 1. The maximum atomic E-state index is 12.4. The van der Waals surface area contributed by atoms with Crippen LogP contribution in [0.5, 0.6) is 0 Å². The number of amides is 2. The Kier molecular flexibility index (Phi) is 6.54. The van der Waals surface area contributed by atoms with E-state index in [1.807, 2.05) is 37.3 Å². The third-order valence-electron chi connectivity index (χ3n) is 3.02. The molecule has 1 aromatic heterocycles. The lowest BCUT2D eigenvalue weighted by Crippen LogP contribution is -2.34. The summed E-state index contributed by atoms with van der Waals surface area (Å²) in [5, 5.41) is 8.79. The van der Waals surface area contributed by atoms with E-state index in [2.05, 4.69) is 10.2 Å². The first-order valence-electron chi connectivity index (χ1n) is 7.07. The molecule has 0 saturated carbocycles. The Morgan fingerprint density at radius 1 is 1.26 bits per heavy atom. The van der Waals surface area contributed by atoms with E-state index in [0.29, 0.717) is 13.1 Å². The summed E-state index contributed by atoms with van der Waals surface area (Å²) in [5.74, 6) is -0.198. The monoisotopic (exact) mass is 350 g/mol. The maximum Gasteiger partial charge on any atom is 0.233 e. The molecule has 23 heavy (non-hydrogen) atoms. The number of aromatic nitrogens is 2. The number of hydrogen-bond donors (Lipinski definition) is 1. The van der Waals surface area contributed by atoms with Gasteiger partial charge in [0.25, 0.3) is 0 Å². The van der Waals surface area contributed by atoms with Gasteiger partial charge in [-0.25, -0.2) is 0 Å². The minimum atomic E-state index is -0.414. The van der Waals surface area contributed by atoms with E-state index < -0.39 is 5.91 Å². The average molecular weight is 350 g/mol. The maximum absolute atomic E-state index is 12.4. The largest absolute Gasteiger partial charge is 0.370 e. The van der Waals surface area contributed by atoms with Crippen LogP contribution < -0.4 is 5.73 Å². The number of nitrogens with two attached hydrogens (primary N) is 1. The van der Waals surface area contributed by atoms with Crippen LogP contribution in [0.1, 0.15) is 17.0 Å². The van der Waals surface area contributed by atoms with Crippen LogP contribution in [-0.4, -0.2) is 39.2 Å². The first-order valence-corrected chi connectivity index (χ1v) is 8.87. The molecule has 6 nitrogen and oxygen atoms in total. The number of hydrogen-bond acceptors (Lipinski definition) is 6. The molecule has 2 rings (SSSR count). The van der Waals surface area contributed by atoms with E-state index >= 15 is 0 Å². The van der Waals surface area contributed by atoms with Crippen LogP contribution in [0, 0.1) is 6.92 Å². The van der Waals surface area contributed by atoms with Gasteiger partial charge < -0.3 is 10.6 Å². The van der Waals surface area contributed by atoms with E-state index in [1.165, 1.54) is 23.1 Å². The van der Waals surface area contributed by atoms with Crippen molar-refractivity contribution in [2.45, 2.75) is 24.2 Å². The summed E-state index contributed by atoms with van der Waals surface area (Å²) < 4.78 is 0.769. The summed E-state index contributed by atoms with van der Waals surface area (Å²) >= 11 is 2.82. The van der Waals surface area contributed by atoms with Crippen molar-refractivity contribution in [3.8, 4) is 0 Å². The Balaban J connectivity index is 1.96. The summed E-state index contributed by atoms with van der Waals surface area (Å²) in [7, 11) is 0.